The Bertz CT molecular complexity index is 269. The maximum atomic E-state index is 11.1. The Balaban J connectivity index is 2.44. The standard InChI is InChI=1S/C5H9BI3O5P/c6-5-4(8)3(7)2(13-5)1-12-15(10,11)14-9/h2-5H,1,6H2,(H,10,11). The Morgan fingerprint density at radius 1 is 1.47 bits per heavy atom. The first-order chi connectivity index (χ1) is 6.87. The maximum Gasteiger partial charge on any atom is 0.481 e. The molecule has 1 fully saturated rings. The first kappa shape index (κ1) is 15.4. The van der Waals surface area contributed by atoms with E-state index in [0.717, 1.165) is 0 Å². The first-order valence-corrected chi connectivity index (χ1v) is 8.95. The van der Waals surface area contributed by atoms with Crippen molar-refractivity contribution in [3.63, 3.8) is 0 Å². The highest BCUT2D eigenvalue weighted by molar-refractivity contribution is 14.1. The van der Waals surface area contributed by atoms with Gasteiger partial charge < -0.3 is 9.63 Å². The van der Waals surface area contributed by atoms with Gasteiger partial charge in [-0.2, -0.15) is 0 Å². The third-order valence-electron chi connectivity index (χ3n) is 1.99. The second-order valence-corrected chi connectivity index (χ2v) is 8.49. The number of alkyl halides is 2. The van der Waals surface area contributed by atoms with Crippen LogP contribution in [-0.2, 0) is 16.7 Å². The van der Waals surface area contributed by atoms with Gasteiger partial charge in [-0.25, -0.2) is 7.42 Å². The Kier molecular flexibility index (Phi) is 6.64. The maximum absolute atomic E-state index is 11.1. The van der Waals surface area contributed by atoms with E-state index in [0.29, 0.717) is 3.92 Å². The fourth-order valence-corrected chi connectivity index (χ4v) is 3.52. The third-order valence-corrected chi connectivity index (χ3v) is 8.87. The van der Waals surface area contributed by atoms with E-state index in [2.05, 4.69) is 48.0 Å². The van der Waals surface area contributed by atoms with Crippen molar-refractivity contribution in [3.8, 4) is 0 Å². The van der Waals surface area contributed by atoms with E-state index >= 15 is 0 Å². The van der Waals surface area contributed by atoms with Crippen LogP contribution < -0.4 is 0 Å². The fraction of sp³-hybridized carbons (Fsp3) is 1.00. The molecule has 5 atom stereocenters. The van der Waals surface area contributed by atoms with Crippen LogP contribution in [0.3, 0.4) is 0 Å². The quantitative estimate of drug-likeness (QED) is 0.240. The van der Waals surface area contributed by atoms with Crippen molar-refractivity contribution in [3.05, 3.63) is 0 Å². The molecule has 1 N–H and O–H groups in total. The minimum atomic E-state index is -3.89. The zero-order chi connectivity index (χ0) is 11.6. The summed E-state index contributed by atoms with van der Waals surface area (Å²) in [5.74, 6) is 0. The van der Waals surface area contributed by atoms with Gasteiger partial charge in [0.25, 0.3) is 0 Å². The summed E-state index contributed by atoms with van der Waals surface area (Å²) in [5.41, 5.74) is 0. The molecule has 1 aliphatic rings. The van der Waals surface area contributed by atoms with Gasteiger partial charge in [-0.3, -0.25) is 4.52 Å². The van der Waals surface area contributed by atoms with E-state index in [1.54, 1.807) is 0 Å². The molecule has 0 radical (unpaired) electrons. The summed E-state index contributed by atoms with van der Waals surface area (Å²) in [5, 5.41) is 0. The predicted molar refractivity (Wildman–Crippen MR) is 83.7 cm³/mol. The van der Waals surface area contributed by atoms with Crippen molar-refractivity contribution in [1.29, 1.82) is 0 Å². The number of phosphoric ester groups is 1. The topological polar surface area (TPSA) is 65.0 Å². The highest BCUT2D eigenvalue weighted by Gasteiger charge is 2.40. The highest BCUT2D eigenvalue weighted by Crippen LogP contribution is 2.46. The summed E-state index contributed by atoms with van der Waals surface area (Å²) < 4.78 is 26.4. The zero-order valence-electron chi connectivity index (χ0n) is 7.68. The molecular weight excluding hydrogens is 563 g/mol. The van der Waals surface area contributed by atoms with E-state index in [9.17, 15) is 4.57 Å². The lowest BCUT2D eigenvalue weighted by atomic mass is 9.97. The summed E-state index contributed by atoms with van der Waals surface area (Å²) in [6, 6.07) is 0.139. The lowest BCUT2D eigenvalue weighted by Crippen LogP contribution is -2.25. The molecule has 0 saturated carbocycles. The van der Waals surface area contributed by atoms with Crippen LogP contribution >= 0.6 is 76.0 Å². The van der Waals surface area contributed by atoms with Gasteiger partial charge in [-0.1, -0.05) is 45.2 Å². The molecule has 15 heavy (non-hydrogen) atoms. The van der Waals surface area contributed by atoms with Crippen molar-refractivity contribution in [2.24, 2.45) is 0 Å². The van der Waals surface area contributed by atoms with E-state index in [1.807, 2.05) is 7.85 Å². The molecule has 1 aliphatic heterocycles. The fourth-order valence-electron chi connectivity index (χ4n) is 1.21. The number of hydrogen-bond acceptors (Lipinski definition) is 4. The van der Waals surface area contributed by atoms with Crippen molar-refractivity contribution >= 4 is 83.9 Å². The van der Waals surface area contributed by atoms with Gasteiger partial charge >= 0.3 is 7.82 Å². The molecule has 0 aromatic heterocycles. The van der Waals surface area contributed by atoms with Gasteiger partial charge in [0.1, 0.15) is 30.9 Å². The molecule has 0 aliphatic carbocycles. The Morgan fingerprint density at radius 3 is 2.47 bits per heavy atom. The molecule has 88 valence electrons. The smallest absolute Gasteiger partial charge is 0.379 e. The molecule has 0 aromatic carbocycles. The van der Waals surface area contributed by atoms with Crippen LogP contribution in [0.2, 0.25) is 0 Å². The third kappa shape index (κ3) is 4.49. The lowest BCUT2D eigenvalue weighted by Gasteiger charge is -2.15. The predicted octanol–water partition coefficient (Wildman–Crippen LogP) is 1.44. The number of hydrogen-bond donors (Lipinski definition) is 1. The summed E-state index contributed by atoms with van der Waals surface area (Å²) >= 11 is 5.94. The molecule has 1 rings (SSSR count). The van der Waals surface area contributed by atoms with Gasteiger partial charge in [0.2, 0.25) is 0 Å². The van der Waals surface area contributed by atoms with Crippen LogP contribution in [0.5, 0.6) is 0 Å². The molecule has 0 amide bonds. The molecule has 0 spiro atoms. The zero-order valence-corrected chi connectivity index (χ0v) is 15.0. The molecule has 1 saturated heterocycles. The summed E-state index contributed by atoms with van der Waals surface area (Å²) in [6.45, 7) is 0.0776. The molecule has 0 bridgehead atoms. The minimum absolute atomic E-state index is 0.0776. The summed E-state index contributed by atoms with van der Waals surface area (Å²) in [7, 11) is -1.91. The van der Waals surface area contributed by atoms with E-state index in [4.69, 9.17) is 14.2 Å². The Morgan fingerprint density at radius 2 is 2.07 bits per heavy atom. The highest BCUT2D eigenvalue weighted by atomic mass is 127. The molecule has 10 heteroatoms. The molecule has 5 nitrogen and oxygen atoms in total. The summed E-state index contributed by atoms with van der Waals surface area (Å²) in [6.07, 6.45) is -0.158. The largest absolute Gasteiger partial charge is 0.481 e. The second-order valence-electron chi connectivity index (χ2n) is 3.10. The van der Waals surface area contributed by atoms with Gasteiger partial charge in [-0.15, -0.1) is 0 Å². The molecule has 1 heterocycles. The summed E-state index contributed by atoms with van der Waals surface area (Å²) in [4.78, 5) is 9.05. The average Bonchev–Trinajstić information content (AvgIpc) is 2.43. The van der Waals surface area contributed by atoms with Crippen molar-refractivity contribution in [1.82, 2.24) is 0 Å². The van der Waals surface area contributed by atoms with Crippen LogP contribution in [0.15, 0.2) is 0 Å². The number of halogens is 3. The van der Waals surface area contributed by atoms with Crippen LogP contribution in [0.25, 0.3) is 0 Å². The Labute approximate surface area is 130 Å². The van der Waals surface area contributed by atoms with Crippen LogP contribution in [0.4, 0.5) is 0 Å². The SMILES string of the molecule is BC1OC(COP(=O)(O)OI)C(I)C1I. The monoisotopic (exact) mass is 572 g/mol. The number of ether oxygens (including phenoxy) is 1. The van der Waals surface area contributed by atoms with E-state index in [1.165, 1.54) is 23.0 Å². The van der Waals surface area contributed by atoms with Gasteiger partial charge in [0.15, 0.2) is 0 Å². The minimum Gasteiger partial charge on any atom is -0.379 e. The number of rotatable bonds is 4. The van der Waals surface area contributed by atoms with Crippen LogP contribution in [0.1, 0.15) is 0 Å². The second kappa shape index (κ2) is 6.48. The molecule has 5 unspecified atom stereocenters. The normalized spacial score (nSPS) is 40.3. The Hall–Kier alpha value is 2.32. The van der Waals surface area contributed by atoms with Crippen molar-refractivity contribution in [2.45, 2.75) is 20.0 Å². The van der Waals surface area contributed by atoms with Gasteiger partial charge in [0.05, 0.1) is 16.6 Å². The van der Waals surface area contributed by atoms with Gasteiger partial charge in [0, 0.05) is 9.93 Å². The first-order valence-electron chi connectivity index (χ1n) is 4.08. The lowest BCUT2D eigenvalue weighted by molar-refractivity contribution is 0.0464. The van der Waals surface area contributed by atoms with Gasteiger partial charge in [-0.05, 0) is 0 Å². The van der Waals surface area contributed by atoms with Crippen molar-refractivity contribution < 1.29 is 21.6 Å². The van der Waals surface area contributed by atoms with Crippen LogP contribution in [-0.4, -0.2) is 39.3 Å². The van der Waals surface area contributed by atoms with E-state index in [-0.39, 0.29) is 22.6 Å². The van der Waals surface area contributed by atoms with E-state index < -0.39 is 7.82 Å². The molecule has 0 aromatic rings. The molecular formula is C5H9BI3O5P. The van der Waals surface area contributed by atoms with Crippen LogP contribution in [0, 0.1) is 0 Å². The average molecular weight is 572 g/mol. The van der Waals surface area contributed by atoms with Crippen molar-refractivity contribution in [2.75, 3.05) is 6.61 Å². The number of phosphoric acid groups is 1.